The zero-order chi connectivity index (χ0) is 13.2. The van der Waals surface area contributed by atoms with Crippen molar-refractivity contribution in [3.8, 4) is 0 Å². The standard InChI is InChI=1S/C16H17N3/c17-16(18)19-11-10-12-6-4-5-9-14(12)15(19)13-7-2-1-3-8-13/h1-9,15H,10-11H2,(H3,17,18). The number of nitrogens with two attached hydrogens (primary N) is 1. The summed E-state index contributed by atoms with van der Waals surface area (Å²) in [6, 6.07) is 18.8. The highest BCUT2D eigenvalue weighted by atomic mass is 15.3. The third-order valence-corrected chi connectivity index (χ3v) is 3.71. The molecule has 0 fully saturated rings. The van der Waals surface area contributed by atoms with Gasteiger partial charge in [-0.3, -0.25) is 5.41 Å². The zero-order valence-electron chi connectivity index (χ0n) is 10.7. The Morgan fingerprint density at radius 2 is 1.74 bits per heavy atom. The third-order valence-electron chi connectivity index (χ3n) is 3.71. The highest BCUT2D eigenvalue weighted by Crippen LogP contribution is 2.34. The van der Waals surface area contributed by atoms with Crippen LogP contribution in [0.2, 0.25) is 0 Å². The summed E-state index contributed by atoms with van der Waals surface area (Å²) < 4.78 is 0. The van der Waals surface area contributed by atoms with Gasteiger partial charge in [0, 0.05) is 6.54 Å². The van der Waals surface area contributed by atoms with Crippen LogP contribution in [0.4, 0.5) is 0 Å². The molecule has 0 radical (unpaired) electrons. The molecule has 0 bridgehead atoms. The van der Waals surface area contributed by atoms with Gasteiger partial charge in [-0.1, -0.05) is 54.6 Å². The van der Waals surface area contributed by atoms with Gasteiger partial charge in [0.25, 0.3) is 0 Å². The van der Waals surface area contributed by atoms with E-state index in [9.17, 15) is 0 Å². The second kappa shape index (κ2) is 4.76. The van der Waals surface area contributed by atoms with Gasteiger partial charge in [0.2, 0.25) is 0 Å². The number of hydrogen-bond donors (Lipinski definition) is 2. The van der Waals surface area contributed by atoms with Gasteiger partial charge in [-0.25, -0.2) is 0 Å². The van der Waals surface area contributed by atoms with Crippen molar-refractivity contribution in [1.29, 1.82) is 5.41 Å². The Balaban J connectivity index is 2.13. The van der Waals surface area contributed by atoms with Gasteiger partial charge >= 0.3 is 0 Å². The SMILES string of the molecule is N=C(N)N1CCc2ccccc2C1c1ccccc1. The van der Waals surface area contributed by atoms with Gasteiger partial charge < -0.3 is 10.6 Å². The Hall–Kier alpha value is -2.29. The topological polar surface area (TPSA) is 53.1 Å². The van der Waals surface area contributed by atoms with Crippen LogP contribution < -0.4 is 5.73 Å². The second-order valence-corrected chi connectivity index (χ2v) is 4.84. The van der Waals surface area contributed by atoms with Crippen molar-refractivity contribution in [3.05, 3.63) is 71.3 Å². The smallest absolute Gasteiger partial charge is 0.189 e. The van der Waals surface area contributed by atoms with Crippen molar-refractivity contribution in [2.45, 2.75) is 12.5 Å². The molecule has 1 aliphatic heterocycles. The van der Waals surface area contributed by atoms with Crippen molar-refractivity contribution in [1.82, 2.24) is 4.90 Å². The molecular formula is C16H17N3. The Morgan fingerprint density at radius 1 is 1.05 bits per heavy atom. The molecule has 3 N–H and O–H groups in total. The van der Waals surface area contributed by atoms with Gasteiger partial charge in [0.15, 0.2) is 5.96 Å². The lowest BCUT2D eigenvalue weighted by atomic mass is 9.88. The van der Waals surface area contributed by atoms with Crippen molar-refractivity contribution >= 4 is 5.96 Å². The molecular weight excluding hydrogens is 234 g/mol. The number of nitrogens with one attached hydrogen (secondary N) is 1. The number of benzene rings is 2. The highest BCUT2D eigenvalue weighted by molar-refractivity contribution is 5.76. The van der Waals surface area contributed by atoms with Gasteiger partial charge in [0.05, 0.1) is 6.04 Å². The van der Waals surface area contributed by atoms with Crippen LogP contribution in [-0.4, -0.2) is 17.4 Å². The lowest BCUT2D eigenvalue weighted by molar-refractivity contribution is 0.333. The van der Waals surface area contributed by atoms with Crippen LogP contribution in [0.15, 0.2) is 54.6 Å². The lowest BCUT2D eigenvalue weighted by Gasteiger charge is -2.38. The van der Waals surface area contributed by atoms with E-state index in [1.807, 2.05) is 23.1 Å². The predicted octanol–water partition coefficient (Wildman–Crippen LogP) is 2.53. The van der Waals surface area contributed by atoms with Gasteiger partial charge in [-0.05, 0) is 23.1 Å². The molecule has 0 amide bonds. The van der Waals surface area contributed by atoms with E-state index >= 15 is 0 Å². The molecule has 2 aromatic rings. The van der Waals surface area contributed by atoms with Gasteiger partial charge in [-0.2, -0.15) is 0 Å². The summed E-state index contributed by atoms with van der Waals surface area (Å²) >= 11 is 0. The first-order valence-corrected chi connectivity index (χ1v) is 6.51. The molecule has 3 rings (SSSR count). The summed E-state index contributed by atoms with van der Waals surface area (Å²) in [5.74, 6) is 0.142. The third kappa shape index (κ3) is 2.08. The monoisotopic (exact) mass is 251 g/mol. The van der Waals surface area contributed by atoms with Gasteiger partial charge in [0.1, 0.15) is 0 Å². The minimum absolute atomic E-state index is 0.0589. The molecule has 0 aromatic heterocycles. The largest absolute Gasteiger partial charge is 0.370 e. The molecule has 3 heteroatoms. The summed E-state index contributed by atoms with van der Waals surface area (Å²) in [4.78, 5) is 1.97. The van der Waals surface area contributed by atoms with Crippen LogP contribution in [0.3, 0.4) is 0 Å². The van der Waals surface area contributed by atoms with Gasteiger partial charge in [-0.15, -0.1) is 0 Å². The fourth-order valence-corrected chi connectivity index (χ4v) is 2.82. The minimum Gasteiger partial charge on any atom is -0.370 e. The first-order valence-electron chi connectivity index (χ1n) is 6.51. The van der Waals surface area contributed by atoms with E-state index < -0.39 is 0 Å². The molecule has 1 aliphatic rings. The Bertz CT molecular complexity index is 592. The minimum atomic E-state index is 0.0589. The van der Waals surface area contributed by atoms with E-state index in [0.29, 0.717) is 0 Å². The molecule has 3 nitrogen and oxygen atoms in total. The van der Waals surface area contributed by atoms with E-state index in [1.165, 1.54) is 16.7 Å². The molecule has 0 spiro atoms. The summed E-state index contributed by atoms with van der Waals surface area (Å²) in [6.07, 6.45) is 0.944. The molecule has 1 atom stereocenters. The van der Waals surface area contributed by atoms with Crippen molar-refractivity contribution in [2.75, 3.05) is 6.54 Å². The molecule has 0 saturated carbocycles. The first kappa shape index (κ1) is 11.8. The number of fused-ring (bicyclic) bond motifs is 1. The molecule has 19 heavy (non-hydrogen) atoms. The Labute approximate surface area is 113 Å². The average molecular weight is 251 g/mol. The number of rotatable bonds is 1. The van der Waals surface area contributed by atoms with E-state index in [-0.39, 0.29) is 12.0 Å². The Morgan fingerprint density at radius 3 is 2.47 bits per heavy atom. The van der Waals surface area contributed by atoms with E-state index in [0.717, 1.165) is 13.0 Å². The second-order valence-electron chi connectivity index (χ2n) is 4.84. The zero-order valence-corrected chi connectivity index (χ0v) is 10.7. The maximum atomic E-state index is 7.81. The number of nitrogens with zero attached hydrogens (tertiary/aromatic N) is 1. The number of hydrogen-bond acceptors (Lipinski definition) is 1. The summed E-state index contributed by atoms with van der Waals surface area (Å²) in [5.41, 5.74) is 9.56. The van der Waals surface area contributed by atoms with Crippen molar-refractivity contribution in [2.24, 2.45) is 5.73 Å². The van der Waals surface area contributed by atoms with Crippen LogP contribution in [-0.2, 0) is 6.42 Å². The summed E-state index contributed by atoms with van der Waals surface area (Å²) in [7, 11) is 0. The van der Waals surface area contributed by atoms with Crippen LogP contribution in [0.1, 0.15) is 22.7 Å². The van der Waals surface area contributed by atoms with E-state index in [2.05, 4.69) is 36.4 Å². The summed E-state index contributed by atoms with van der Waals surface area (Å²) in [6.45, 7) is 0.798. The highest BCUT2D eigenvalue weighted by Gasteiger charge is 2.28. The summed E-state index contributed by atoms with van der Waals surface area (Å²) in [5, 5.41) is 7.81. The quantitative estimate of drug-likeness (QED) is 0.604. The Kier molecular flexibility index (Phi) is 2.95. The van der Waals surface area contributed by atoms with Crippen LogP contribution in [0, 0.1) is 5.41 Å². The maximum absolute atomic E-state index is 7.81. The molecule has 0 saturated heterocycles. The normalized spacial score (nSPS) is 17.9. The van der Waals surface area contributed by atoms with Crippen LogP contribution >= 0.6 is 0 Å². The first-order chi connectivity index (χ1) is 9.27. The number of guanidine groups is 1. The molecule has 96 valence electrons. The van der Waals surface area contributed by atoms with Crippen LogP contribution in [0.25, 0.3) is 0 Å². The lowest BCUT2D eigenvalue weighted by Crippen LogP contribution is -2.44. The van der Waals surface area contributed by atoms with Crippen molar-refractivity contribution in [3.63, 3.8) is 0 Å². The maximum Gasteiger partial charge on any atom is 0.189 e. The van der Waals surface area contributed by atoms with E-state index in [4.69, 9.17) is 11.1 Å². The molecule has 0 aliphatic carbocycles. The fourth-order valence-electron chi connectivity index (χ4n) is 2.82. The average Bonchev–Trinajstić information content (AvgIpc) is 2.46. The molecule has 1 heterocycles. The molecule has 1 unspecified atom stereocenters. The van der Waals surface area contributed by atoms with E-state index in [1.54, 1.807) is 0 Å². The molecule has 2 aromatic carbocycles. The fraction of sp³-hybridized carbons (Fsp3) is 0.188. The van der Waals surface area contributed by atoms with Crippen LogP contribution in [0.5, 0.6) is 0 Å². The predicted molar refractivity (Wildman–Crippen MR) is 77.1 cm³/mol. The van der Waals surface area contributed by atoms with Crippen molar-refractivity contribution < 1.29 is 0 Å².